The quantitative estimate of drug-likeness (QED) is 0.609. The molecule has 7 heteroatoms. The summed E-state index contributed by atoms with van der Waals surface area (Å²) in [6.07, 6.45) is 9.28. The summed E-state index contributed by atoms with van der Waals surface area (Å²) in [6.45, 7) is 5.32. The maximum absolute atomic E-state index is 12.3. The number of carbonyl (C=O) groups is 1. The number of hydrogen-bond acceptors (Lipinski definition) is 4. The predicted molar refractivity (Wildman–Crippen MR) is 107 cm³/mol. The van der Waals surface area contributed by atoms with Gasteiger partial charge in [0.2, 0.25) is 5.91 Å². The Kier molecular flexibility index (Phi) is 8.91. The zero-order chi connectivity index (χ0) is 18.9. The number of unbranched alkanes of at least 4 members (excludes halogenated alkanes) is 1. The van der Waals surface area contributed by atoms with Gasteiger partial charge in [-0.1, -0.05) is 51.3 Å². The van der Waals surface area contributed by atoms with E-state index in [1.54, 1.807) is 0 Å². The van der Waals surface area contributed by atoms with Gasteiger partial charge in [0.05, 0.1) is 19.8 Å². The number of amides is 1. The minimum Gasteiger partial charge on any atom is -0.353 e. The van der Waals surface area contributed by atoms with Gasteiger partial charge < -0.3 is 14.8 Å². The van der Waals surface area contributed by atoms with Crippen molar-refractivity contribution in [3.8, 4) is 0 Å². The second kappa shape index (κ2) is 10.9. The van der Waals surface area contributed by atoms with Gasteiger partial charge in [0.25, 0.3) is 0 Å². The van der Waals surface area contributed by atoms with E-state index in [0.717, 1.165) is 49.6 Å². The highest BCUT2D eigenvalue weighted by molar-refractivity contribution is 7.99. The number of hydrogen-bond donors (Lipinski definition) is 2. The normalized spacial score (nSPS) is 16.8. The number of nitrogens with one attached hydrogen (secondary N) is 2. The van der Waals surface area contributed by atoms with E-state index in [9.17, 15) is 4.79 Å². The van der Waals surface area contributed by atoms with Gasteiger partial charge in [-0.3, -0.25) is 4.79 Å². The van der Waals surface area contributed by atoms with Crippen molar-refractivity contribution in [2.24, 2.45) is 0 Å². The lowest BCUT2D eigenvalue weighted by atomic mass is 9.95. The van der Waals surface area contributed by atoms with E-state index in [0.29, 0.717) is 17.8 Å². The molecule has 1 saturated carbocycles. The van der Waals surface area contributed by atoms with Crippen molar-refractivity contribution in [1.29, 1.82) is 0 Å². The number of rotatable bonds is 10. The van der Waals surface area contributed by atoms with Crippen molar-refractivity contribution in [2.45, 2.75) is 89.0 Å². The molecule has 1 aromatic rings. The van der Waals surface area contributed by atoms with Gasteiger partial charge in [-0.2, -0.15) is 0 Å². The first-order valence-electron chi connectivity index (χ1n) is 10.2. The van der Waals surface area contributed by atoms with E-state index in [1.807, 2.05) is 0 Å². The zero-order valence-corrected chi connectivity index (χ0v) is 17.7. The van der Waals surface area contributed by atoms with Crippen molar-refractivity contribution < 1.29 is 9.69 Å². The van der Waals surface area contributed by atoms with Crippen LogP contribution in [0.5, 0.6) is 0 Å². The fourth-order valence-corrected chi connectivity index (χ4v) is 4.47. The van der Waals surface area contributed by atoms with Crippen LogP contribution in [0.2, 0.25) is 0 Å². The summed E-state index contributed by atoms with van der Waals surface area (Å²) in [7, 11) is 4.33. The Labute approximate surface area is 162 Å². The molecule has 6 nitrogen and oxygen atoms in total. The molecule has 0 radical (unpaired) electrons. The number of aromatic nitrogens is 3. The molecule has 1 aliphatic rings. The number of carbonyl (C=O) groups excluding carboxylic acids is 1. The molecule has 1 atom stereocenters. The van der Waals surface area contributed by atoms with Gasteiger partial charge in [0, 0.05) is 19.0 Å². The molecule has 1 fully saturated rings. The van der Waals surface area contributed by atoms with Crippen molar-refractivity contribution in [2.75, 3.05) is 19.8 Å². The first-order valence-corrected chi connectivity index (χ1v) is 11.2. The number of thioether (sulfide) groups is 1. The van der Waals surface area contributed by atoms with Crippen molar-refractivity contribution >= 4 is 17.7 Å². The Morgan fingerprint density at radius 3 is 2.62 bits per heavy atom. The van der Waals surface area contributed by atoms with Crippen LogP contribution in [0, 0.1) is 0 Å². The second-order valence-corrected chi connectivity index (χ2v) is 8.52. The highest BCUT2D eigenvalue weighted by Crippen LogP contribution is 2.22. The highest BCUT2D eigenvalue weighted by Gasteiger charge is 2.25. The van der Waals surface area contributed by atoms with Crippen LogP contribution < -0.4 is 10.2 Å². The van der Waals surface area contributed by atoms with Crippen LogP contribution >= 0.6 is 11.8 Å². The largest absolute Gasteiger partial charge is 0.353 e. The molecule has 1 amide bonds. The van der Waals surface area contributed by atoms with Gasteiger partial charge in [-0.05, 0) is 19.3 Å². The second-order valence-electron chi connectivity index (χ2n) is 7.58. The molecular formula is C19H36N5OS+. The zero-order valence-electron chi connectivity index (χ0n) is 16.9. The summed E-state index contributed by atoms with van der Waals surface area (Å²) in [5, 5.41) is 13.0. The molecule has 0 unspecified atom stereocenters. The molecule has 1 aliphatic carbocycles. The fraction of sp³-hybridized carbons (Fsp3) is 0.842. The van der Waals surface area contributed by atoms with Crippen molar-refractivity contribution in [1.82, 2.24) is 20.1 Å². The maximum Gasteiger partial charge on any atom is 0.230 e. The van der Waals surface area contributed by atoms with Gasteiger partial charge in [0.1, 0.15) is 6.04 Å². The average molecular weight is 383 g/mol. The number of nitrogens with zero attached hydrogens (tertiary/aromatic N) is 3. The van der Waals surface area contributed by atoms with Gasteiger partial charge in [0.15, 0.2) is 11.0 Å². The summed E-state index contributed by atoms with van der Waals surface area (Å²) in [5.41, 5.74) is 0. The Morgan fingerprint density at radius 2 is 2.00 bits per heavy atom. The Hall–Kier alpha value is -1.08. The number of quaternary nitrogens is 1. The van der Waals surface area contributed by atoms with Crippen LogP contribution in [-0.4, -0.2) is 46.6 Å². The molecule has 2 rings (SSSR count). The minimum atomic E-state index is 0.124. The minimum absolute atomic E-state index is 0.124. The molecule has 0 spiro atoms. The lowest BCUT2D eigenvalue weighted by Crippen LogP contribution is -3.06. The summed E-state index contributed by atoms with van der Waals surface area (Å²) >= 11 is 1.52. The molecule has 1 heterocycles. The van der Waals surface area contributed by atoms with E-state index in [2.05, 4.69) is 48.0 Å². The van der Waals surface area contributed by atoms with Crippen LogP contribution in [-0.2, 0) is 11.3 Å². The lowest BCUT2D eigenvalue weighted by Gasteiger charge is -2.22. The van der Waals surface area contributed by atoms with Crippen LogP contribution in [0.25, 0.3) is 0 Å². The van der Waals surface area contributed by atoms with Crippen LogP contribution in [0.3, 0.4) is 0 Å². The molecule has 148 valence electrons. The third-order valence-corrected chi connectivity index (χ3v) is 6.17. The Bertz CT molecular complexity index is 554. The van der Waals surface area contributed by atoms with E-state index in [1.165, 1.54) is 35.9 Å². The molecule has 1 aromatic heterocycles. The molecule has 0 aromatic carbocycles. The van der Waals surface area contributed by atoms with Gasteiger partial charge in [-0.25, -0.2) is 0 Å². The summed E-state index contributed by atoms with van der Waals surface area (Å²) in [6, 6.07) is 0.706. The van der Waals surface area contributed by atoms with Crippen molar-refractivity contribution in [3.63, 3.8) is 0 Å². The molecular weight excluding hydrogens is 346 g/mol. The molecule has 26 heavy (non-hydrogen) atoms. The SMILES string of the molecule is CCCCn1c(SCC(=O)NC2CCCCC2)nnc1[C@H](CC)[NH+](C)C. The highest BCUT2D eigenvalue weighted by atomic mass is 32.2. The Balaban J connectivity index is 2.00. The standard InChI is InChI=1S/C19H35N5OS/c1-5-7-13-24-18(16(6-2)23(3)4)21-22-19(24)26-14-17(25)20-15-11-9-8-10-12-15/h15-16H,5-14H2,1-4H3,(H,20,25)/p+1/t16-/m0/s1. The van der Waals surface area contributed by atoms with Crippen LogP contribution in [0.15, 0.2) is 5.16 Å². The average Bonchev–Trinajstić information content (AvgIpc) is 3.02. The van der Waals surface area contributed by atoms with E-state index in [-0.39, 0.29) is 5.91 Å². The Morgan fingerprint density at radius 1 is 1.27 bits per heavy atom. The smallest absolute Gasteiger partial charge is 0.230 e. The summed E-state index contributed by atoms with van der Waals surface area (Å²) in [4.78, 5) is 13.7. The van der Waals surface area contributed by atoms with E-state index in [4.69, 9.17) is 0 Å². The predicted octanol–water partition coefficient (Wildman–Crippen LogP) is 2.21. The van der Waals surface area contributed by atoms with Crippen LogP contribution in [0.4, 0.5) is 0 Å². The van der Waals surface area contributed by atoms with E-state index < -0.39 is 0 Å². The summed E-state index contributed by atoms with van der Waals surface area (Å²) < 4.78 is 2.24. The lowest BCUT2D eigenvalue weighted by molar-refractivity contribution is -0.893. The monoisotopic (exact) mass is 382 g/mol. The van der Waals surface area contributed by atoms with Crippen LogP contribution in [0.1, 0.15) is 77.1 Å². The first-order chi connectivity index (χ1) is 12.6. The molecule has 0 aliphatic heterocycles. The third kappa shape index (κ3) is 5.98. The molecule has 0 saturated heterocycles. The maximum atomic E-state index is 12.3. The first kappa shape index (κ1) is 21.2. The topological polar surface area (TPSA) is 64.2 Å². The molecule has 0 bridgehead atoms. The third-order valence-electron chi connectivity index (χ3n) is 5.20. The fourth-order valence-electron chi connectivity index (χ4n) is 3.69. The summed E-state index contributed by atoms with van der Waals surface area (Å²) in [5.74, 6) is 1.60. The van der Waals surface area contributed by atoms with E-state index >= 15 is 0 Å². The van der Waals surface area contributed by atoms with Gasteiger partial charge in [-0.15, -0.1) is 10.2 Å². The van der Waals surface area contributed by atoms with Gasteiger partial charge >= 0.3 is 0 Å². The van der Waals surface area contributed by atoms with Crippen molar-refractivity contribution in [3.05, 3.63) is 5.82 Å². The molecule has 2 N–H and O–H groups in total.